The predicted molar refractivity (Wildman–Crippen MR) is 77.7 cm³/mol. The van der Waals surface area contributed by atoms with Crippen molar-refractivity contribution in [3.63, 3.8) is 0 Å². The van der Waals surface area contributed by atoms with Crippen LogP contribution in [0, 0.1) is 0 Å². The molecule has 1 amide bonds. The number of methoxy groups -OCH3 is 1. The Bertz CT molecular complexity index is 501. The number of carbonyl (C=O) groups is 2. The van der Waals surface area contributed by atoms with Crippen LogP contribution in [0.1, 0.15) is 31.1 Å². The normalized spacial score (nSPS) is 11.4. The molecule has 0 saturated heterocycles. The first-order chi connectivity index (χ1) is 10.0. The third kappa shape index (κ3) is 4.66. The Hall–Kier alpha value is -2.24. The van der Waals surface area contributed by atoms with Crippen molar-refractivity contribution in [3.8, 4) is 11.5 Å². The minimum Gasteiger partial charge on any atom is -0.490 e. The van der Waals surface area contributed by atoms with Gasteiger partial charge in [-0.1, -0.05) is 0 Å². The monoisotopic (exact) mass is 295 g/mol. The molecule has 1 unspecified atom stereocenters. The van der Waals surface area contributed by atoms with Gasteiger partial charge in [-0.25, -0.2) is 4.79 Å². The molecule has 1 N–H and O–H groups in total. The van der Waals surface area contributed by atoms with Gasteiger partial charge in [0.15, 0.2) is 11.5 Å². The van der Waals surface area contributed by atoms with E-state index >= 15 is 0 Å². The van der Waals surface area contributed by atoms with Gasteiger partial charge in [-0.3, -0.25) is 4.79 Å². The fourth-order valence-electron chi connectivity index (χ4n) is 1.71. The summed E-state index contributed by atoms with van der Waals surface area (Å²) in [6.45, 7) is 6.24. The lowest BCUT2D eigenvalue weighted by atomic mass is 10.1. The lowest BCUT2D eigenvalue weighted by Gasteiger charge is -2.14. The summed E-state index contributed by atoms with van der Waals surface area (Å²) in [5.74, 6) is 0.200. The maximum absolute atomic E-state index is 12.1. The molecule has 6 nitrogen and oxygen atoms in total. The molecule has 1 atom stereocenters. The van der Waals surface area contributed by atoms with Crippen molar-refractivity contribution < 1.29 is 23.8 Å². The number of hydrogen-bond donors (Lipinski definition) is 1. The molecule has 0 aromatic heterocycles. The van der Waals surface area contributed by atoms with Crippen LogP contribution in [0.3, 0.4) is 0 Å². The zero-order valence-electron chi connectivity index (χ0n) is 12.8. The second-order valence-electron chi connectivity index (χ2n) is 4.25. The molecule has 1 aromatic carbocycles. The van der Waals surface area contributed by atoms with E-state index < -0.39 is 12.0 Å². The van der Waals surface area contributed by atoms with Gasteiger partial charge in [0.25, 0.3) is 5.91 Å². The molecule has 116 valence electrons. The molecule has 0 bridgehead atoms. The first kappa shape index (κ1) is 16.8. The number of carbonyl (C=O) groups excluding carboxylic acids is 2. The van der Waals surface area contributed by atoms with Gasteiger partial charge in [0.1, 0.15) is 6.04 Å². The second-order valence-corrected chi connectivity index (χ2v) is 4.25. The number of ether oxygens (including phenoxy) is 3. The lowest BCUT2D eigenvalue weighted by Crippen LogP contribution is -2.39. The van der Waals surface area contributed by atoms with Crippen LogP contribution < -0.4 is 14.8 Å². The van der Waals surface area contributed by atoms with Gasteiger partial charge in [0.05, 0.1) is 20.3 Å². The molecule has 0 aliphatic carbocycles. The number of benzene rings is 1. The summed E-state index contributed by atoms with van der Waals surface area (Å²) in [4.78, 5) is 23.4. The molecule has 0 radical (unpaired) electrons. The van der Waals surface area contributed by atoms with E-state index in [-0.39, 0.29) is 5.91 Å². The van der Waals surface area contributed by atoms with Gasteiger partial charge >= 0.3 is 5.97 Å². The summed E-state index contributed by atoms with van der Waals surface area (Å²) in [6, 6.07) is 4.16. The Labute approximate surface area is 124 Å². The van der Waals surface area contributed by atoms with E-state index in [0.717, 1.165) is 0 Å². The summed E-state index contributed by atoms with van der Waals surface area (Å²) in [5, 5.41) is 2.56. The zero-order chi connectivity index (χ0) is 15.8. The molecule has 0 aliphatic rings. The molecule has 0 aliphatic heterocycles. The zero-order valence-corrected chi connectivity index (χ0v) is 12.8. The van der Waals surface area contributed by atoms with E-state index in [4.69, 9.17) is 9.47 Å². The van der Waals surface area contributed by atoms with E-state index in [0.29, 0.717) is 30.3 Å². The fourth-order valence-corrected chi connectivity index (χ4v) is 1.71. The number of esters is 1. The van der Waals surface area contributed by atoms with Crippen LogP contribution in [-0.4, -0.2) is 38.2 Å². The number of rotatable bonds is 7. The number of nitrogens with one attached hydrogen (secondary N) is 1. The van der Waals surface area contributed by atoms with E-state index in [2.05, 4.69) is 10.1 Å². The highest BCUT2D eigenvalue weighted by Crippen LogP contribution is 2.28. The van der Waals surface area contributed by atoms with Gasteiger partial charge in [-0.05, 0) is 39.0 Å². The quantitative estimate of drug-likeness (QED) is 0.776. The molecule has 21 heavy (non-hydrogen) atoms. The third-order valence-corrected chi connectivity index (χ3v) is 2.71. The average Bonchev–Trinajstić information content (AvgIpc) is 2.48. The summed E-state index contributed by atoms with van der Waals surface area (Å²) in [6.07, 6.45) is 0. The average molecular weight is 295 g/mol. The number of amides is 1. The minimum absolute atomic E-state index is 0.378. The second kappa shape index (κ2) is 8.14. The van der Waals surface area contributed by atoms with Crippen LogP contribution in [0.25, 0.3) is 0 Å². The third-order valence-electron chi connectivity index (χ3n) is 2.71. The van der Waals surface area contributed by atoms with Crippen LogP contribution in [-0.2, 0) is 9.53 Å². The minimum atomic E-state index is -0.718. The topological polar surface area (TPSA) is 73.9 Å². The molecule has 0 fully saturated rings. The van der Waals surface area contributed by atoms with Crippen molar-refractivity contribution in [1.29, 1.82) is 0 Å². The van der Waals surface area contributed by atoms with Crippen molar-refractivity contribution in [2.45, 2.75) is 26.8 Å². The Morgan fingerprint density at radius 3 is 2.33 bits per heavy atom. The van der Waals surface area contributed by atoms with Crippen LogP contribution >= 0.6 is 0 Å². The van der Waals surface area contributed by atoms with Crippen LogP contribution in [0.2, 0.25) is 0 Å². The molecule has 1 aromatic rings. The number of hydrogen-bond acceptors (Lipinski definition) is 5. The predicted octanol–water partition coefficient (Wildman–Crippen LogP) is 1.78. The van der Waals surface area contributed by atoms with Crippen molar-refractivity contribution in [3.05, 3.63) is 23.8 Å². The molecule has 0 saturated carbocycles. The van der Waals surface area contributed by atoms with Gasteiger partial charge < -0.3 is 19.5 Å². The Balaban J connectivity index is 2.89. The summed E-state index contributed by atoms with van der Waals surface area (Å²) in [7, 11) is 1.27. The Kier molecular flexibility index (Phi) is 6.52. The summed E-state index contributed by atoms with van der Waals surface area (Å²) < 4.78 is 15.5. The SMILES string of the molecule is CCOc1ccc(C(=O)NC(C)C(=O)OC)cc1OCC. The first-order valence-electron chi connectivity index (χ1n) is 6.81. The Morgan fingerprint density at radius 2 is 1.76 bits per heavy atom. The van der Waals surface area contributed by atoms with Crippen molar-refractivity contribution >= 4 is 11.9 Å². The summed E-state index contributed by atoms with van der Waals surface area (Å²) >= 11 is 0. The molecule has 0 spiro atoms. The van der Waals surface area contributed by atoms with Gasteiger partial charge in [-0.15, -0.1) is 0 Å². The largest absolute Gasteiger partial charge is 0.490 e. The van der Waals surface area contributed by atoms with E-state index in [1.165, 1.54) is 7.11 Å². The van der Waals surface area contributed by atoms with Crippen molar-refractivity contribution in [2.75, 3.05) is 20.3 Å². The Morgan fingerprint density at radius 1 is 1.14 bits per heavy atom. The van der Waals surface area contributed by atoms with Gasteiger partial charge in [0.2, 0.25) is 0 Å². The van der Waals surface area contributed by atoms with Gasteiger partial charge in [0, 0.05) is 5.56 Å². The molecule has 0 heterocycles. The molecular weight excluding hydrogens is 274 g/mol. The standard InChI is InChI=1S/C15H21NO5/c1-5-20-12-8-7-11(9-13(12)21-6-2)14(17)16-10(3)15(18)19-4/h7-10H,5-6H2,1-4H3,(H,16,17). The maximum atomic E-state index is 12.1. The maximum Gasteiger partial charge on any atom is 0.328 e. The van der Waals surface area contributed by atoms with E-state index in [1.54, 1.807) is 25.1 Å². The fraction of sp³-hybridized carbons (Fsp3) is 0.467. The van der Waals surface area contributed by atoms with Crippen LogP contribution in [0.4, 0.5) is 0 Å². The highest BCUT2D eigenvalue weighted by molar-refractivity contribution is 5.97. The van der Waals surface area contributed by atoms with E-state index in [1.807, 2.05) is 13.8 Å². The highest BCUT2D eigenvalue weighted by atomic mass is 16.5. The molecule has 1 rings (SSSR count). The summed E-state index contributed by atoms with van der Waals surface area (Å²) in [5.41, 5.74) is 0.387. The molecule has 6 heteroatoms. The first-order valence-corrected chi connectivity index (χ1v) is 6.81. The van der Waals surface area contributed by atoms with Crippen molar-refractivity contribution in [2.24, 2.45) is 0 Å². The van der Waals surface area contributed by atoms with E-state index in [9.17, 15) is 9.59 Å². The smallest absolute Gasteiger partial charge is 0.328 e. The van der Waals surface area contributed by atoms with Crippen LogP contribution in [0.15, 0.2) is 18.2 Å². The highest BCUT2D eigenvalue weighted by Gasteiger charge is 2.18. The lowest BCUT2D eigenvalue weighted by molar-refractivity contribution is -0.142. The molecular formula is C15H21NO5. The van der Waals surface area contributed by atoms with Gasteiger partial charge in [-0.2, -0.15) is 0 Å². The van der Waals surface area contributed by atoms with Crippen LogP contribution in [0.5, 0.6) is 11.5 Å². The van der Waals surface area contributed by atoms with Crippen molar-refractivity contribution in [1.82, 2.24) is 5.32 Å².